The van der Waals surface area contributed by atoms with Crippen LogP contribution in [0.1, 0.15) is 19.3 Å². The summed E-state index contributed by atoms with van der Waals surface area (Å²) in [6, 6.07) is 9.63. The standard InChI is InChI=1S/C17H23N7O2/c25-12-14(26)11-18-23-16-20-15(19-13-7-3-1-4-8-13)21-17(22-16)24-9-5-2-6-10-24/h1,3-4,7-8,11,14,25-26H,2,5-6,9-10,12H2,(H2,19,20,21,22,23)/b18-11-. The van der Waals surface area contributed by atoms with Crippen LogP contribution in [0.2, 0.25) is 0 Å². The minimum atomic E-state index is -1.03. The highest BCUT2D eigenvalue weighted by molar-refractivity contribution is 5.64. The molecule has 2 heterocycles. The lowest BCUT2D eigenvalue weighted by Crippen LogP contribution is -2.31. The maximum atomic E-state index is 9.33. The molecule has 1 atom stereocenters. The Hall–Kier alpha value is -2.78. The molecule has 1 aliphatic heterocycles. The number of aromatic nitrogens is 3. The van der Waals surface area contributed by atoms with Gasteiger partial charge in [-0.05, 0) is 31.4 Å². The van der Waals surface area contributed by atoms with Crippen LogP contribution in [0, 0.1) is 0 Å². The number of anilines is 4. The van der Waals surface area contributed by atoms with E-state index in [4.69, 9.17) is 5.11 Å². The number of rotatable bonds is 7. The number of piperidine rings is 1. The summed E-state index contributed by atoms with van der Waals surface area (Å²) in [5.74, 6) is 1.26. The molecule has 1 aromatic heterocycles. The maximum Gasteiger partial charge on any atom is 0.250 e. The first-order valence-corrected chi connectivity index (χ1v) is 8.66. The van der Waals surface area contributed by atoms with Crippen molar-refractivity contribution in [2.24, 2.45) is 5.10 Å². The molecule has 1 aliphatic rings. The van der Waals surface area contributed by atoms with Crippen LogP contribution in [0.15, 0.2) is 35.4 Å². The van der Waals surface area contributed by atoms with Gasteiger partial charge in [0.05, 0.1) is 12.8 Å². The van der Waals surface area contributed by atoms with Gasteiger partial charge in [-0.1, -0.05) is 18.2 Å². The lowest BCUT2D eigenvalue weighted by Gasteiger charge is -2.26. The molecule has 0 aliphatic carbocycles. The molecule has 4 N–H and O–H groups in total. The van der Waals surface area contributed by atoms with Crippen molar-refractivity contribution < 1.29 is 10.2 Å². The van der Waals surface area contributed by atoms with E-state index in [0.29, 0.717) is 11.9 Å². The largest absolute Gasteiger partial charge is 0.393 e. The van der Waals surface area contributed by atoms with Crippen molar-refractivity contribution in [3.05, 3.63) is 30.3 Å². The Kier molecular flexibility index (Phi) is 6.29. The second kappa shape index (κ2) is 9.07. The van der Waals surface area contributed by atoms with Gasteiger partial charge in [0.15, 0.2) is 0 Å². The molecular weight excluding hydrogens is 334 g/mol. The number of para-hydroxylation sites is 1. The lowest BCUT2D eigenvalue weighted by atomic mass is 10.1. The minimum Gasteiger partial charge on any atom is -0.393 e. The van der Waals surface area contributed by atoms with E-state index >= 15 is 0 Å². The third-order valence-electron chi connectivity index (χ3n) is 3.89. The van der Waals surface area contributed by atoms with Crippen LogP contribution in [0.3, 0.4) is 0 Å². The van der Waals surface area contributed by atoms with E-state index in [1.54, 1.807) is 0 Å². The predicted octanol–water partition coefficient (Wildman–Crippen LogP) is 1.36. The number of benzene rings is 1. The molecule has 0 amide bonds. The predicted molar refractivity (Wildman–Crippen MR) is 101 cm³/mol. The van der Waals surface area contributed by atoms with Gasteiger partial charge in [-0.25, -0.2) is 5.43 Å². The molecule has 26 heavy (non-hydrogen) atoms. The fraction of sp³-hybridized carbons (Fsp3) is 0.412. The Labute approximate surface area is 151 Å². The zero-order valence-electron chi connectivity index (χ0n) is 14.4. The van der Waals surface area contributed by atoms with Gasteiger partial charge in [0.2, 0.25) is 17.8 Å². The molecule has 1 aromatic carbocycles. The zero-order valence-corrected chi connectivity index (χ0v) is 14.4. The first kappa shape index (κ1) is 18.0. The molecule has 0 bridgehead atoms. The van der Waals surface area contributed by atoms with Gasteiger partial charge in [-0.3, -0.25) is 0 Å². The fourth-order valence-electron chi connectivity index (χ4n) is 2.58. The number of nitrogens with zero attached hydrogens (tertiary/aromatic N) is 5. The molecule has 1 saturated heterocycles. The van der Waals surface area contributed by atoms with Crippen molar-refractivity contribution >= 4 is 29.7 Å². The van der Waals surface area contributed by atoms with E-state index < -0.39 is 12.7 Å². The molecule has 9 nitrogen and oxygen atoms in total. The topological polar surface area (TPSA) is 119 Å². The normalized spacial score (nSPS) is 15.8. The van der Waals surface area contributed by atoms with Crippen molar-refractivity contribution in [1.29, 1.82) is 0 Å². The second-order valence-corrected chi connectivity index (χ2v) is 5.96. The summed E-state index contributed by atoms with van der Waals surface area (Å²) in [6.07, 6.45) is 3.58. The molecule has 9 heteroatoms. The minimum absolute atomic E-state index is 0.264. The summed E-state index contributed by atoms with van der Waals surface area (Å²) >= 11 is 0. The summed E-state index contributed by atoms with van der Waals surface area (Å²) in [6.45, 7) is 1.41. The van der Waals surface area contributed by atoms with Crippen LogP contribution in [-0.2, 0) is 0 Å². The summed E-state index contributed by atoms with van der Waals surface area (Å²) in [5.41, 5.74) is 3.55. The molecule has 0 saturated carbocycles. The summed E-state index contributed by atoms with van der Waals surface area (Å²) in [4.78, 5) is 15.4. The van der Waals surface area contributed by atoms with Crippen molar-refractivity contribution in [3.8, 4) is 0 Å². The van der Waals surface area contributed by atoms with Gasteiger partial charge in [0.25, 0.3) is 0 Å². The Morgan fingerprint density at radius 3 is 2.54 bits per heavy atom. The van der Waals surface area contributed by atoms with Crippen molar-refractivity contribution in [2.75, 3.05) is 35.3 Å². The van der Waals surface area contributed by atoms with Crippen molar-refractivity contribution in [1.82, 2.24) is 15.0 Å². The van der Waals surface area contributed by atoms with Crippen molar-refractivity contribution in [2.45, 2.75) is 25.4 Å². The number of hydrogen-bond acceptors (Lipinski definition) is 9. The molecule has 138 valence electrons. The van der Waals surface area contributed by atoms with Gasteiger partial charge < -0.3 is 20.4 Å². The number of hydrazone groups is 1. The smallest absolute Gasteiger partial charge is 0.250 e. The van der Waals surface area contributed by atoms with Gasteiger partial charge in [0.1, 0.15) is 6.10 Å². The average molecular weight is 357 g/mol. The lowest BCUT2D eigenvalue weighted by molar-refractivity contribution is 0.148. The molecule has 3 rings (SSSR count). The Morgan fingerprint density at radius 2 is 1.81 bits per heavy atom. The number of aliphatic hydroxyl groups excluding tert-OH is 2. The quantitative estimate of drug-likeness (QED) is 0.433. The molecule has 2 aromatic rings. The van der Waals surface area contributed by atoms with E-state index in [-0.39, 0.29) is 5.95 Å². The Bertz CT molecular complexity index is 720. The van der Waals surface area contributed by atoms with E-state index in [2.05, 4.69) is 35.7 Å². The third kappa shape index (κ3) is 5.11. The highest BCUT2D eigenvalue weighted by Gasteiger charge is 2.16. The first-order valence-electron chi connectivity index (χ1n) is 8.66. The zero-order chi connectivity index (χ0) is 18.2. The molecule has 1 unspecified atom stereocenters. The van der Waals surface area contributed by atoms with E-state index in [1.165, 1.54) is 12.6 Å². The van der Waals surface area contributed by atoms with E-state index in [9.17, 15) is 5.11 Å². The van der Waals surface area contributed by atoms with Crippen LogP contribution >= 0.6 is 0 Å². The van der Waals surface area contributed by atoms with Crippen LogP contribution in [0.4, 0.5) is 23.5 Å². The second-order valence-electron chi connectivity index (χ2n) is 5.96. The van der Waals surface area contributed by atoms with Crippen LogP contribution in [0.25, 0.3) is 0 Å². The van der Waals surface area contributed by atoms with Gasteiger partial charge in [-0.15, -0.1) is 0 Å². The van der Waals surface area contributed by atoms with Crippen LogP contribution < -0.4 is 15.6 Å². The third-order valence-corrected chi connectivity index (χ3v) is 3.89. The Balaban J connectivity index is 1.82. The number of nitrogens with one attached hydrogen (secondary N) is 2. The van der Waals surface area contributed by atoms with E-state index in [1.807, 2.05) is 30.3 Å². The summed E-state index contributed by atoms with van der Waals surface area (Å²) in [5, 5.41) is 25.2. The van der Waals surface area contributed by atoms with Gasteiger partial charge >= 0.3 is 0 Å². The van der Waals surface area contributed by atoms with Gasteiger partial charge in [0, 0.05) is 18.8 Å². The summed E-state index contributed by atoms with van der Waals surface area (Å²) in [7, 11) is 0. The summed E-state index contributed by atoms with van der Waals surface area (Å²) < 4.78 is 0. The Morgan fingerprint density at radius 1 is 1.08 bits per heavy atom. The fourth-order valence-corrected chi connectivity index (χ4v) is 2.58. The van der Waals surface area contributed by atoms with Crippen LogP contribution in [0.5, 0.6) is 0 Å². The molecule has 0 radical (unpaired) electrons. The van der Waals surface area contributed by atoms with Crippen molar-refractivity contribution in [3.63, 3.8) is 0 Å². The average Bonchev–Trinajstić information content (AvgIpc) is 2.69. The van der Waals surface area contributed by atoms with Gasteiger partial charge in [-0.2, -0.15) is 20.1 Å². The first-order chi connectivity index (χ1) is 12.7. The number of aliphatic hydroxyl groups is 2. The monoisotopic (exact) mass is 357 g/mol. The highest BCUT2D eigenvalue weighted by atomic mass is 16.3. The SMILES string of the molecule is OCC(O)/C=N\Nc1nc(Nc2ccccc2)nc(N2CCCCC2)n1. The highest BCUT2D eigenvalue weighted by Crippen LogP contribution is 2.20. The number of hydrogen-bond donors (Lipinski definition) is 4. The molecule has 0 spiro atoms. The molecular formula is C17H23N7O2. The maximum absolute atomic E-state index is 9.33. The molecule has 1 fully saturated rings. The van der Waals surface area contributed by atoms with E-state index in [0.717, 1.165) is 31.6 Å². The van der Waals surface area contributed by atoms with Crippen LogP contribution in [-0.4, -0.2) is 57.2 Å².